The highest BCUT2D eigenvalue weighted by atomic mass is 35.5. The Bertz CT molecular complexity index is 707. The third-order valence-electron chi connectivity index (χ3n) is 5.05. The average Bonchev–Trinajstić information content (AvgIpc) is 2.74. The first-order chi connectivity index (χ1) is 13.2. The predicted octanol–water partition coefficient (Wildman–Crippen LogP) is 4.56. The molecule has 2 heterocycles. The van der Waals surface area contributed by atoms with Crippen LogP contribution in [0.25, 0.3) is 0 Å². The standard InChI is InChI=1S/C13H19NO.C9H11NO2.2ClH/c1-11-7-9-14(10-8-11)12-3-5-13(15-2)6-4-12;10-5-7-6-11-8-3-1-2-4-9(8)12-7;;/h3-6,11H,7-10H2,1-2H3;1-4,7H,5-6,10H2;2*1H. The Morgan fingerprint density at radius 3 is 2.21 bits per heavy atom. The fourth-order valence-electron chi connectivity index (χ4n) is 3.24. The molecule has 2 aromatic rings. The molecule has 1 unspecified atom stereocenters. The Hall–Kier alpha value is -1.82. The van der Waals surface area contributed by atoms with Crippen LogP contribution in [0.4, 0.5) is 5.69 Å². The first-order valence-corrected chi connectivity index (χ1v) is 9.67. The molecule has 2 aromatic carbocycles. The van der Waals surface area contributed by atoms with Crippen LogP contribution in [0.1, 0.15) is 19.8 Å². The van der Waals surface area contributed by atoms with Crippen LogP contribution in [-0.2, 0) is 0 Å². The van der Waals surface area contributed by atoms with Crippen molar-refractivity contribution in [3.8, 4) is 17.2 Å². The van der Waals surface area contributed by atoms with Gasteiger partial charge >= 0.3 is 0 Å². The van der Waals surface area contributed by atoms with Gasteiger partial charge in [-0.25, -0.2) is 0 Å². The Labute approximate surface area is 186 Å². The molecule has 1 saturated heterocycles. The fourth-order valence-corrected chi connectivity index (χ4v) is 3.24. The predicted molar refractivity (Wildman–Crippen MR) is 124 cm³/mol. The average molecular weight is 443 g/mol. The number of anilines is 1. The van der Waals surface area contributed by atoms with Crippen molar-refractivity contribution in [2.45, 2.75) is 25.9 Å². The number of ether oxygens (including phenoxy) is 3. The van der Waals surface area contributed by atoms with E-state index in [4.69, 9.17) is 19.9 Å². The number of hydrogen-bond acceptors (Lipinski definition) is 5. The van der Waals surface area contributed by atoms with Crippen LogP contribution in [0.3, 0.4) is 0 Å². The number of methoxy groups -OCH3 is 1. The topological polar surface area (TPSA) is 57.0 Å². The molecule has 4 rings (SSSR count). The van der Waals surface area contributed by atoms with E-state index in [1.165, 1.54) is 31.6 Å². The molecule has 1 atom stereocenters. The maximum Gasteiger partial charge on any atom is 0.161 e. The Morgan fingerprint density at radius 1 is 1.00 bits per heavy atom. The fraction of sp³-hybridized carbons (Fsp3) is 0.455. The zero-order valence-electron chi connectivity index (χ0n) is 17.1. The third kappa shape index (κ3) is 7.18. The van der Waals surface area contributed by atoms with Gasteiger partial charge in [-0.1, -0.05) is 19.1 Å². The summed E-state index contributed by atoms with van der Waals surface area (Å²) in [6, 6.07) is 16.0. The molecule has 0 aromatic heterocycles. The van der Waals surface area contributed by atoms with Crippen molar-refractivity contribution in [3.63, 3.8) is 0 Å². The molecule has 1 fully saturated rings. The second kappa shape index (κ2) is 12.7. The Balaban J connectivity index is 0.000000277. The minimum atomic E-state index is -0.0000926. The maximum atomic E-state index is 5.53. The van der Waals surface area contributed by atoms with Crippen LogP contribution in [0.5, 0.6) is 17.2 Å². The van der Waals surface area contributed by atoms with Gasteiger partial charge < -0.3 is 24.8 Å². The van der Waals surface area contributed by atoms with E-state index >= 15 is 0 Å². The summed E-state index contributed by atoms with van der Waals surface area (Å²) >= 11 is 0. The zero-order valence-corrected chi connectivity index (χ0v) is 18.7. The van der Waals surface area contributed by atoms with Crippen molar-refractivity contribution in [1.82, 2.24) is 0 Å². The second-order valence-electron chi connectivity index (χ2n) is 7.10. The number of benzene rings is 2. The van der Waals surface area contributed by atoms with E-state index in [0.29, 0.717) is 13.2 Å². The van der Waals surface area contributed by atoms with Gasteiger partial charge in [0.15, 0.2) is 11.5 Å². The Kier molecular flexibility index (Phi) is 11.0. The number of halogens is 2. The molecule has 162 valence electrons. The summed E-state index contributed by atoms with van der Waals surface area (Å²) in [4.78, 5) is 2.46. The molecular formula is C22H32Cl2N2O3. The van der Waals surface area contributed by atoms with Crippen LogP contribution >= 0.6 is 24.8 Å². The largest absolute Gasteiger partial charge is 0.497 e. The molecule has 0 amide bonds. The summed E-state index contributed by atoms with van der Waals surface area (Å²) in [5.41, 5.74) is 6.78. The summed E-state index contributed by atoms with van der Waals surface area (Å²) < 4.78 is 16.1. The van der Waals surface area contributed by atoms with Gasteiger partial charge in [0, 0.05) is 25.3 Å². The molecule has 29 heavy (non-hydrogen) atoms. The first kappa shape index (κ1) is 25.2. The molecular weight excluding hydrogens is 411 g/mol. The minimum Gasteiger partial charge on any atom is -0.497 e. The number of rotatable bonds is 3. The van der Waals surface area contributed by atoms with Crippen molar-refractivity contribution in [2.75, 3.05) is 38.3 Å². The van der Waals surface area contributed by atoms with E-state index in [1.807, 2.05) is 36.4 Å². The SMILES string of the molecule is COc1ccc(N2CCC(C)CC2)cc1.Cl.Cl.NCC1COc2ccccc2O1. The number of fused-ring (bicyclic) bond motifs is 1. The van der Waals surface area contributed by atoms with E-state index in [9.17, 15) is 0 Å². The molecule has 2 aliphatic heterocycles. The van der Waals surface area contributed by atoms with Crippen LogP contribution in [-0.4, -0.2) is 39.5 Å². The Morgan fingerprint density at radius 2 is 1.62 bits per heavy atom. The smallest absolute Gasteiger partial charge is 0.161 e. The molecule has 0 saturated carbocycles. The van der Waals surface area contributed by atoms with Crippen LogP contribution < -0.4 is 24.8 Å². The van der Waals surface area contributed by atoms with Crippen molar-refractivity contribution in [2.24, 2.45) is 11.7 Å². The molecule has 0 aliphatic carbocycles. The number of nitrogens with two attached hydrogens (primary N) is 1. The lowest BCUT2D eigenvalue weighted by molar-refractivity contribution is 0.0969. The lowest BCUT2D eigenvalue weighted by Gasteiger charge is -2.32. The normalized spacial score (nSPS) is 17.8. The maximum absolute atomic E-state index is 5.53. The third-order valence-corrected chi connectivity index (χ3v) is 5.05. The summed E-state index contributed by atoms with van der Waals surface area (Å²) in [6.07, 6.45) is 2.62. The quantitative estimate of drug-likeness (QED) is 0.754. The summed E-state index contributed by atoms with van der Waals surface area (Å²) in [5.74, 6) is 3.42. The molecule has 0 spiro atoms. The van der Waals surface area contributed by atoms with E-state index < -0.39 is 0 Å². The number of hydrogen-bond donors (Lipinski definition) is 1. The van der Waals surface area contributed by atoms with Gasteiger partial charge in [0.2, 0.25) is 0 Å². The number of nitrogens with zero attached hydrogens (tertiary/aromatic N) is 1. The minimum absolute atomic E-state index is 0. The van der Waals surface area contributed by atoms with Crippen LogP contribution in [0.2, 0.25) is 0 Å². The van der Waals surface area contributed by atoms with E-state index in [1.54, 1.807) is 7.11 Å². The van der Waals surface area contributed by atoms with E-state index in [0.717, 1.165) is 23.2 Å². The summed E-state index contributed by atoms with van der Waals surface area (Å²) in [6.45, 7) is 5.76. The van der Waals surface area contributed by atoms with Crippen LogP contribution in [0, 0.1) is 5.92 Å². The lowest BCUT2D eigenvalue weighted by Crippen LogP contribution is -2.35. The molecule has 0 bridgehead atoms. The van der Waals surface area contributed by atoms with E-state index in [-0.39, 0.29) is 30.9 Å². The zero-order chi connectivity index (χ0) is 19.1. The van der Waals surface area contributed by atoms with Gasteiger partial charge in [0.1, 0.15) is 18.5 Å². The van der Waals surface area contributed by atoms with Crippen molar-refractivity contribution in [1.29, 1.82) is 0 Å². The van der Waals surface area contributed by atoms with Gasteiger partial charge in [0.25, 0.3) is 0 Å². The van der Waals surface area contributed by atoms with Gasteiger partial charge in [0.05, 0.1) is 7.11 Å². The molecule has 0 radical (unpaired) electrons. The summed E-state index contributed by atoms with van der Waals surface area (Å²) in [7, 11) is 1.71. The number of para-hydroxylation sites is 2. The van der Waals surface area contributed by atoms with Crippen molar-refractivity contribution < 1.29 is 14.2 Å². The lowest BCUT2D eigenvalue weighted by atomic mass is 9.99. The monoisotopic (exact) mass is 442 g/mol. The molecule has 2 N–H and O–H groups in total. The molecule has 2 aliphatic rings. The molecule has 5 nitrogen and oxygen atoms in total. The van der Waals surface area contributed by atoms with Gasteiger partial charge in [-0.15, -0.1) is 24.8 Å². The van der Waals surface area contributed by atoms with Crippen molar-refractivity contribution >= 4 is 30.5 Å². The highest BCUT2D eigenvalue weighted by Gasteiger charge is 2.18. The summed E-state index contributed by atoms with van der Waals surface area (Å²) in [5, 5.41) is 0. The first-order valence-electron chi connectivity index (χ1n) is 9.67. The molecule has 7 heteroatoms. The van der Waals surface area contributed by atoms with Gasteiger partial charge in [-0.05, 0) is 55.2 Å². The highest BCUT2D eigenvalue weighted by Crippen LogP contribution is 2.30. The highest BCUT2D eigenvalue weighted by molar-refractivity contribution is 5.85. The van der Waals surface area contributed by atoms with Crippen molar-refractivity contribution in [3.05, 3.63) is 48.5 Å². The van der Waals surface area contributed by atoms with E-state index in [2.05, 4.69) is 24.0 Å². The second-order valence-corrected chi connectivity index (χ2v) is 7.10. The van der Waals surface area contributed by atoms with Gasteiger partial charge in [-0.2, -0.15) is 0 Å². The van der Waals surface area contributed by atoms with Crippen LogP contribution in [0.15, 0.2) is 48.5 Å². The number of piperidine rings is 1. The van der Waals surface area contributed by atoms with Gasteiger partial charge in [-0.3, -0.25) is 0 Å².